The molecule has 1 aliphatic rings. The number of halogens is 2. The van der Waals surface area contributed by atoms with Crippen molar-refractivity contribution in [1.29, 1.82) is 0 Å². The Balaban J connectivity index is 2.04. The maximum absolute atomic E-state index is 12.4. The highest BCUT2D eigenvalue weighted by Crippen LogP contribution is 2.24. The van der Waals surface area contributed by atoms with Crippen molar-refractivity contribution >= 4 is 33.4 Å². The molecular weight excluding hydrogens is 328 g/mol. The number of amides is 1. The second-order valence-corrected chi connectivity index (χ2v) is 6.42. The summed E-state index contributed by atoms with van der Waals surface area (Å²) in [5, 5.41) is 0.667. The fourth-order valence-corrected chi connectivity index (χ4v) is 3.33. The number of hydrogen-bond donors (Lipinski definition) is 1. The van der Waals surface area contributed by atoms with Crippen molar-refractivity contribution in [3.8, 4) is 0 Å². The third-order valence-electron chi connectivity index (χ3n) is 3.59. The number of rotatable bonds is 2. The molecule has 0 bridgehead atoms. The largest absolute Gasteiger partial charge is 0.340 e. The molecule has 2 rings (SSSR count). The van der Waals surface area contributed by atoms with Crippen LogP contribution >= 0.6 is 27.5 Å². The molecule has 0 aromatic heterocycles. The van der Waals surface area contributed by atoms with Gasteiger partial charge in [-0.15, -0.1) is 0 Å². The number of likely N-dealkylation sites (tertiary alicyclic amines) is 1. The standard InChI is InChI=1S/C14H18BrClN2O/c1-9-6-12(17)4-5-18(9)14(19)7-10-2-3-11(16)8-13(10)15/h2-3,8-9,12H,4-7,17H2,1H3/t9-,12-/m1/s1. The van der Waals surface area contributed by atoms with Crippen molar-refractivity contribution in [1.82, 2.24) is 4.90 Å². The third-order valence-corrected chi connectivity index (χ3v) is 4.57. The predicted octanol–water partition coefficient (Wildman–Crippen LogP) is 2.98. The number of piperidine rings is 1. The van der Waals surface area contributed by atoms with Crippen molar-refractivity contribution in [2.45, 2.75) is 38.3 Å². The Kier molecular flexibility index (Phi) is 4.87. The van der Waals surface area contributed by atoms with Crippen LogP contribution in [0.2, 0.25) is 5.02 Å². The first-order valence-corrected chi connectivity index (χ1v) is 7.63. The first-order chi connectivity index (χ1) is 8.97. The van der Waals surface area contributed by atoms with Crippen LogP contribution < -0.4 is 5.73 Å². The molecule has 5 heteroatoms. The molecule has 0 unspecified atom stereocenters. The van der Waals surface area contributed by atoms with E-state index in [9.17, 15) is 4.79 Å². The lowest BCUT2D eigenvalue weighted by molar-refractivity contribution is -0.133. The van der Waals surface area contributed by atoms with E-state index in [0.717, 1.165) is 29.4 Å². The smallest absolute Gasteiger partial charge is 0.227 e. The molecule has 1 saturated heterocycles. The SMILES string of the molecule is C[C@@H]1C[C@H](N)CCN1C(=O)Cc1ccc(Cl)cc1Br. The summed E-state index contributed by atoms with van der Waals surface area (Å²) >= 11 is 9.35. The average molecular weight is 346 g/mol. The Bertz CT molecular complexity index is 481. The Hall–Kier alpha value is -0.580. The maximum Gasteiger partial charge on any atom is 0.227 e. The summed E-state index contributed by atoms with van der Waals surface area (Å²) < 4.78 is 0.884. The summed E-state index contributed by atoms with van der Waals surface area (Å²) in [4.78, 5) is 14.3. The molecule has 3 nitrogen and oxygen atoms in total. The molecule has 1 amide bonds. The number of nitrogens with zero attached hydrogens (tertiary/aromatic N) is 1. The normalized spacial score (nSPS) is 23.5. The van der Waals surface area contributed by atoms with Crippen molar-refractivity contribution in [3.63, 3.8) is 0 Å². The number of benzene rings is 1. The van der Waals surface area contributed by atoms with Crippen LogP contribution in [0.25, 0.3) is 0 Å². The highest BCUT2D eigenvalue weighted by molar-refractivity contribution is 9.10. The Morgan fingerprint density at radius 2 is 2.32 bits per heavy atom. The molecule has 0 spiro atoms. The fraction of sp³-hybridized carbons (Fsp3) is 0.500. The summed E-state index contributed by atoms with van der Waals surface area (Å²) in [7, 11) is 0. The second-order valence-electron chi connectivity index (χ2n) is 5.13. The number of carbonyl (C=O) groups is 1. The zero-order chi connectivity index (χ0) is 14.0. The minimum absolute atomic E-state index is 0.155. The molecule has 0 aliphatic carbocycles. The molecule has 1 aromatic carbocycles. The topological polar surface area (TPSA) is 46.3 Å². The van der Waals surface area contributed by atoms with E-state index in [0.29, 0.717) is 11.4 Å². The van der Waals surface area contributed by atoms with Crippen molar-refractivity contribution < 1.29 is 4.79 Å². The van der Waals surface area contributed by atoms with Gasteiger partial charge < -0.3 is 10.6 Å². The molecular formula is C14H18BrClN2O. The minimum atomic E-state index is 0.155. The van der Waals surface area contributed by atoms with E-state index in [-0.39, 0.29) is 18.0 Å². The van der Waals surface area contributed by atoms with Crippen LogP contribution in [0.4, 0.5) is 0 Å². The first-order valence-electron chi connectivity index (χ1n) is 6.46. The van der Waals surface area contributed by atoms with Gasteiger partial charge in [0.15, 0.2) is 0 Å². The quantitative estimate of drug-likeness (QED) is 0.895. The van der Waals surface area contributed by atoms with Gasteiger partial charge in [0.2, 0.25) is 5.91 Å². The van der Waals surface area contributed by atoms with E-state index in [1.807, 2.05) is 23.1 Å². The highest BCUT2D eigenvalue weighted by Gasteiger charge is 2.27. The molecule has 1 heterocycles. The van der Waals surface area contributed by atoms with Gasteiger partial charge in [0.05, 0.1) is 6.42 Å². The molecule has 1 aromatic rings. The van der Waals surface area contributed by atoms with Gasteiger partial charge in [-0.1, -0.05) is 33.6 Å². The van der Waals surface area contributed by atoms with Crippen LogP contribution in [-0.4, -0.2) is 29.4 Å². The molecule has 0 radical (unpaired) electrons. The molecule has 1 fully saturated rings. The van der Waals surface area contributed by atoms with Gasteiger partial charge in [-0.05, 0) is 37.5 Å². The Morgan fingerprint density at radius 3 is 2.95 bits per heavy atom. The van der Waals surface area contributed by atoms with Gasteiger partial charge in [0.25, 0.3) is 0 Å². The Labute approximate surface area is 127 Å². The summed E-state index contributed by atoms with van der Waals surface area (Å²) in [6, 6.07) is 5.97. The number of hydrogen-bond acceptors (Lipinski definition) is 2. The van der Waals surface area contributed by atoms with Gasteiger partial charge in [-0.3, -0.25) is 4.79 Å². The van der Waals surface area contributed by atoms with Crippen LogP contribution in [0.1, 0.15) is 25.3 Å². The average Bonchev–Trinajstić information content (AvgIpc) is 2.32. The van der Waals surface area contributed by atoms with E-state index < -0.39 is 0 Å². The zero-order valence-electron chi connectivity index (χ0n) is 10.9. The van der Waals surface area contributed by atoms with Crippen LogP contribution in [0.15, 0.2) is 22.7 Å². The van der Waals surface area contributed by atoms with E-state index in [4.69, 9.17) is 17.3 Å². The molecule has 1 aliphatic heterocycles. The molecule has 19 heavy (non-hydrogen) atoms. The van der Waals surface area contributed by atoms with Gasteiger partial charge >= 0.3 is 0 Å². The lowest BCUT2D eigenvalue weighted by Crippen LogP contribution is -2.48. The molecule has 2 N–H and O–H groups in total. The third kappa shape index (κ3) is 3.71. The van der Waals surface area contributed by atoms with Gasteiger partial charge in [-0.25, -0.2) is 0 Å². The van der Waals surface area contributed by atoms with Crippen LogP contribution in [0.3, 0.4) is 0 Å². The summed E-state index contributed by atoms with van der Waals surface area (Å²) in [6.07, 6.45) is 2.17. The second kappa shape index (κ2) is 6.25. The molecule has 104 valence electrons. The lowest BCUT2D eigenvalue weighted by atomic mass is 9.98. The summed E-state index contributed by atoms with van der Waals surface area (Å²) in [5.74, 6) is 0.155. The maximum atomic E-state index is 12.4. The minimum Gasteiger partial charge on any atom is -0.340 e. The first kappa shape index (κ1) is 14.8. The van der Waals surface area contributed by atoms with Crippen molar-refractivity contribution in [2.24, 2.45) is 5.73 Å². The summed E-state index contributed by atoms with van der Waals surface area (Å²) in [6.45, 7) is 2.82. The monoisotopic (exact) mass is 344 g/mol. The van der Waals surface area contributed by atoms with Crippen LogP contribution in [0, 0.1) is 0 Å². The van der Waals surface area contributed by atoms with E-state index in [2.05, 4.69) is 22.9 Å². The van der Waals surface area contributed by atoms with Crippen molar-refractivity contribution in [3.05, 3.63) is 33.3 Å². The lowest BCUT2D eigenvalue weighted by Gasteiger charge is -2.36. The van der Waals surface area contributed by atoms with Crippen molar-refractivity contribution in [2.75, 3.05) is 6.54 Å². The van der Waals surface area contributed by atoms with Gasteiger partial charge in [0.1, 0.15) is 0 Å². The molecule has 0 saturated carbocycles. The highest BCUT2D eigenvalue weighted by atomic mass is 79.9. The summed E-state index contributed by atoms with van der Waals surface area (Å²) in [5.41, 5.74) is 6.89. The van der Waals surface area contributed by atoms with E-state index >= 15 is 0 Å². The van der Waals surface area contributed by atoms with Crippen LogP contribution in [-0.2, 0) is 11.2 Å². The van der Waals surface area contributed by atoms with Gasteiger partial charge in [-0.2, -0.15) is 0 Å². The zero-order valence-corrected chi connectivity index (χ0v) is 13.2. The Morgan fingerprint density at radius 1 is 1.58 bits per heavy atom. The predicted molar refractivity (Wildman–Crippen MR) is 81.2 cm³/mol. The van der Waals surface area contributed by atoms with E-state index in [1.54, 1.807) is 0 Å². The molecule has 2 atom stereocenters. The number of nitrogens with two attached hydrogens (primary N) is 1. The fourth-order valence-electron chi connectivity index (χ4n) is 2.51. The van der Waals surface area contributed by atoms with Crippen LogP contribution in [0.5, 0.6) is 0 Å². The van der Waals surface area contributed by atoms with Gasteiger partial charge in [0, 0.05) is 28.1 Å². The number of carbonyl (C=O) groups excluding carboxylic acids is 1. The van der Waals surface area contributed by atoms with E-state index in [1.165, 1.54) is 0 Å².